The molecule has 0 atom stereocenters. The molecule has 0 saturated heterocycles. The molecule has 108 valence electrons. The number of nitrogens with zero attached hydrogens (tertiary/aromatic N) is 1. The number of halogens is 1. The van der Waals surface area contributed by atoms with Gasteiger partial charge in [-0.25, -0.2) is 4.79 Å². The third-order valence-electron chi connectivity index (χ3n) is 2.74. The molecule has 0 aliphatic rings. The van der Waals surface area contributed by atoms with Crippen molar-refractivity contribution in [1.82, 2.24) is 0 Å². The Labute approximate surface area is 129 Å². The van der Waals surface area contributed by atoms with Gasteiger partial charge in [-0.3, -0.25) is 10.1 Å². The second kappa shape index (κ2) is 6.60. The van der Waals surface area contributed by atoms with Crippen LogP contribution < -0.4 is 0 Å². The first-order chi connectivity index (χ1) is 9.99. The Hall–Kier alpha value is -2.05. The van der Waals surface area contributed by atoms with Crippen LogP contribution in [0.2, 0.25) is 5.02 Å². The number of carboxylic acid groups (broad SMARTS) is 1. The van der Waals surface area contributed by atoms with Gasteiger partial charge in [-0.2, -0.15) is 0 Å². The molecule has 0 aromatic heterocycles. The van der Waals surface area contributed by atoms with Gasteiger partial charge in [-0.15, -0.1) is 11.8 Å². The number of nitro groups is 1. The maximum atomic E-state index is 11.0. The summed E-state index contributed by atoms with van der Waals surface area (Å²) in [6.07, 6.45) is 0. The number of hydrogen-bond donors (Lipinski definition) is 1. The van der Waals surface area contributed by atoms with E-state index >= 15 is 0 Å². The highest BCUT2D eigenvalue weighted by Gasteiger charge is 2.17. The summed E-state index contributed by atoms with van der Waals surface area (Å²) in [5.74, 6) is -0.729. The van der Waals surface area contributed by atoms with Crippen LogP contribution in [0.25, 0.3) is 0 Å². The Morgan fingerprint density at radius 1 is 1.29 bits per heavy atom. The molecule has 0 amide bonds. The molecule has 0 unspecified atom stereocenters. The lowest BCUT2D eigenvalue weighted by atomic mass is 10.2. The van der Waals surface area contributed by atoms with Gasteiger partial charge >= 0.3 is 5.97 Å². The lowest BCUT2D eigenvalue weighted by Crippen LogP contribution is -1.99. The molecule has 0 aliphatic carbocycles. The number of benzene rings is 2. The zero-order valence-electron chi connectivity index (χ0n) is 10.7. The van der Waals surface area contributed by atoms with Crippen molar-refractivity contribution in [2.75, 3.05) is 0 Å². The fraction of sp³-hybridized carbons (Fsp3) is 0.0714. The van der Waals surface area contributed by atoms with Crippen LogP contribution in [0, 0.1) is 10.1 Å². The molecule has 7 heteroatoms. The molecule has 0 fully saturated rings. The number of carbonyl (C=O) groups is 1. The summed E-state index contributed by atoms with van der Waals surface area (Å²) in [6, 6.07) is 11.1. The summed E-state index contributed by atoms with van der Waals surface area (Å²) < 4.78 is 0. The molecule has 5 nitrogen and oxygen atoms in total. The van der Waals surface area contributed by atoms with Crippen molar-refractivity contribution in [2.24, 2.45) is 0 Å². The zero-order valence-corrected chi connectivity index (χ0v) is 12.2. The number of nitro benzene ring substituents is 1. The average molecular weight is 324 g/mol. The van der Waals surface area contributed by atoms with Crippen LogP contribution in [-0.4, -0.2) is 16.0 Å². The van der Waals surface area contributed by atoms with E-state index in [2.05, 4.69) is 0 Å². The largest absolute Gasteiger partial charge is 0.478 e. The van der Waals surface area contributed by atoms with Crippen LogP contribution in [0.1, 0.15) is 15.9 Å². The van der Waals surface area contributed by atoms with Gasteiger partial charge in [0.2, 0.25) is 0 Å². The highest BCUT2D eigenvalue weighted by Crippen LogP contribution is 2.33. The molecule has 2 aromatic rings. The maximum Gasteiger partial charge on any atom is 0.335 e. The summed E-state index contributed by atoms with van der Waals surface area (Å²) in [4.78, 5) is 21.7. The van der Waals surface area contributed by atoms with Crippen molar-refractivity contribution in [3.8, 4) is 0 Å². The Bertz CT molecular complexity index is 705. The average Bonchev–Trinajstić information content (AvgIpc) is 2.46. The second-order valence-electron chi connectivity index (χ2n) is 4.12. The number of thioether (sulfide) groups is 1. The van der Waals surface area contributed by atoms with E-state index in [1.807, 2.05) is 12.1 Å². The van der Waals surface area contributed by atoms with E-state index in [1.165, 1.54) is 23.9 Å². The predicted octanol–water partition coefficient (Wildman–Crippen LogP) is 4.24. The lowest BCUT2D eigenvalue weighted by Gasteiger charge is -2.05. The molecule has 0 spiro atoms. The van der Waals surface area contributed by atoms with Gasteiger partial charge < -0.3 is 5.11 Å². The number of carboxylic acids is 1. The Balaban J connectivity index is 2.26. The van der Waals surface area contributed by atoms with Crippen LogP contribution in [0.4, 0.5) is 5.69 Å². The minimum Gasteiger partial charge on any atom is -0.478 e. The summed E-state index contributed by atoms with van der Waals surface area (Å²) >= 11 is 7.28. The third kappa shape index (κ3) is 3.74. The molecule has 2 rings (SSSR count). The Kier molecular flexibility index (Phi) is 4.82. The predicted molar refractivity (Wildman–Crippen MR) is 81.1 cm³/mol. The highest BCUT2D eigenvalue weighted by molar-refractivity contribution is 7.98. The highest BCUT2D eigenvalue weighted by atomic mass is 35.5. The molecule has 21 heavy (non-hydrogen) atoms. The van der Waals surface area contributed by atoms with Crippen molar-refractivity contribution in [3.05, 3.63) is 68.7 Å². The Morgan fingerprint density at radius 3 is 2.62 bits per heavy atom. The topological polar surface area (TPSA) is 80.4 Å². The SMILES string of the molecule is O=C(O)c1ccc(SCc2ccccc2Cl)c([N+](=O)[O-])c1. The molecule has 0 bridgehead atoms. The summed E-state index contributed by atoms with van der Waals surface area (Å²) in [6.45, 7) is 0. The van der Waals surface area contributed by atoms with Gasteiger partial charge in [-0.05, 0) is 23.8 Å². The fourth-order valence-corrected chi connectivity index (χ4v) is 2.98. The van der Waals surface area contributed by atoms with Crippen LogP contribution in [0.5, 0.6) is 0 Å². The van der Waals surface area contributed by atoms with E-state index < -0.39 is 10.9 Å². The van der Waals surface area contributed by atoms with E-state index in [0.717, 1.165) is 11.6 Å². The molecule has 2 aromatic carbocycles. The first kappa shape index (κ1) is 15.3. The molecular weight excluding hydrogens is 314 g/mol. The monoisotopic (exact) mass is 323 g/mol. The van der Waals surface area contributed by atoms with Crippen LogP contribution in [0.3, 0.4) is 0 Å². The van der Waals surface area contributed by atoms with Gasteiger partial charge in [0.15, 0.2) is 0 Å². The van der Waals surface area contributed by atoms with Crippen molar-refractivity contribution in [3.63, 3.8) is 0 Å². The third-order valence-corrected chi connectivity index (χ3v) is 4.22. The molecule has 0 radical (unpaired) electrons. The minimum absolute atomic E-state index is 0.108. The van der Waals surface area contributed by atoms with Gasteiger partial charge in [0.1, 0.15) is 0 Å². The van der Waals surface area contributed by atoms with Crippen molar-refractivity contribution in [1.29, 1.82) is 0 Å². The van der Waals surface area contributed by atoms with Crippen molar-refractivity contribution in [2.45, 2.75) is 10.6 Å². The number of hydrogen-bond acceptors (Lipinski definition) is 4. The van der Waals surface area contributed by atoms with E-state index in [4.69, 9.17) is 16.7 Å². The lowest BCUT2D eigenvalue weighted by molar-refractivity contribution is -0.387. The van der Waals surface area contributed by atoms with Gasteiger partial charge in [0, 0.05) is 16.8 Å². The van der Waals surface area contributed by atoms with E-state index in [-0.39, 0.29) is 11.3 Å². The minimum atomic E-state index is -1.19. The van der Waals surface area contributed by atoms with Crippen LogP contribution in [0.15, 0.2) is 47.4 Å². The number of aromatic carboxylic acids is 1. The molecular formula is C14H10ClNO4S. The van der Waals surface area contributed by atoms with Crippen molar-refractivity contribution < 1.29 is 14.8 Å². The number of rotatable bonds is 5. The first-order valence-corrected chi connectivity index (χ1v) is 7.23. The van der Waals surface area contributed by atoms with E-state index in [0.29, 0.717) is 15.7 Å². The zero-order chi connectivity index (χ0) is 15.4. The molecule has 1 N–H and O–H groups in total. The fourth-order valence-electron chi connectivity index (χ4n) is 1.69. The normalized spacial score (nSPS) is 10.3. The van der Waals surface area contributed by atoms with Gasteiger partial charge in [0.25, 0.3) is 5.69 Å². The van der Waals surface area contributed by atoms with Gasteiger partial charge in [0.05, 0.1) is 15.4 Å². The smallest absolute Gasteiger partial charge is 0.335 e. The van der Waals surface area contributed by atoms with Crippen LogP contribution in [-0.2, 0) is 5.75 Å². The molecule has 0 aliphatic heterocycles. The second-order valence-corrected chi connectivity index (χ2v) is 5.55. The van der Waals surface area contributed by atoms with E-state index in [9.17, 15) is 14.9 Å². The first-order valence-electron chi connectivity index (χ1n) is 5.87. The standard InChI is InChI=1S/C14H10ClNO4S/c15-11-4-2-1-3-10(11)8-21-13-6-5-9(14(17)18)7-12(13)16(19)20/h1-7H,8H2,(H,17,18). The molecule has 0 heterocycles. The van der Waals surface area contributed by atoms with Gasteiger partial charge in [-0.1, -0.05) is 29.8 Å². The summed E-state index contributed by atoms with van der Waals surface area (Å²) in [5, 5.41) is 20.5. The van der Waals surface area contributed by atoms with E-state index in [1.54, 1.807) is 12.1 Å². The summed E-state index contributed by atoms with van der Waals surface area (Å²) in [7, 11) is 0. The molecule has 0 saturated carbocycles. The van der Waals surface area contributed by atoms with Crippen molar-refractivity contribution >= 4 is 35.0 Å². The van der Waals surface area contributed by atoms with Crippen LogP contribution >= 0.6 is 23.4 Å². The maximum absolute atomic E-state index is 11.0. The summed E-state index contributed by atoms with van der Waals surface area (Å²) in [5.41, 5.74) is 0.538. The Morgan fingerprint density at radius 2 is 2.00 bits per heavy atom. The quantitative estimate of drug-likeness (QED) is 0.505.